The minimum Gasteiger partial charge on any atom is -0.320 e. The molecule has 2 rings (SSSR count). The minimum absolute atomic E-state index is 0.353. The lowest BCUT2D eigenvalue weighted by Crippen LogP contribution is -2.37. The summed E-state index contributed by atoms with van der Waals surface area (Å²) in [6.07, 6.45) is 1.81. The summed E-state index contributed by atoms with van der Waals surface area (Å²) in [4.78, 5) is 4.08. The Hall–Kier alpha value is -1.75. The summed E-state index contributed by atoms with van der Waals surface area (Å²) in [5.74, 6) is -0.353. The topological polar surface area (TPSA) is 56.7 Å². The summed E-state index contributed by atoms with van der Waals surface area (Å²) in [6.45, 7) is 6.70. The zero-order valence-electron chi connectivity index (χ0n) is 11.5. The Kier molecular flexibility index (Phi) is 3.66. The fraction of sp³-hybridized carbons (Fsp3) is 0.429. The van der Waals surface area contributed by atoms with Crippen molar-refractivity contribution in [2.45, 2.75) is 39.3 Å². The van der Waals surface area contributed by atoms with Crippen molar-refractivity contribution < 1.29 is 4.39 Å². The molecule has 2 aromatic rings. The van der Waals surface area contributed by atoms with Gasteiger partial charge >= 0.3 is 0 Å². The molecule has 0 radical (unpaired) electrons. The predicted molar refractivity (Wildman–Crippen MR) is 72.1 cm³/mol. The second-order valence-electron chi connectivity index (χ2n) is 5.05. The lowest BCUT2D eigenvalue weighted by molar-refractivity contribution is 0.449. The van der Waals surface area contributed by atoms with Gasteiger partial charge in [0.2, 0.25) is 0 Å². The summed E-state index contributed by atoms with van der Waals surface area (Å²) < 4.78 is 14.8. The van der Waals surface area contributed by atoms with Crippen LogP contribution < -0.4 is 5.73 Å². The molecule has 2 heterocycles. The Morgan fingerprint density at radius 1 is 1.42 bits per heavy atom. The number of aromatic nitrogens is 3. The van der Waals surface area contributed by atoms with Gasteiger partial charge in [0.05, 0.1) is 23.1 Å². The van der Waals surface area contributed by atoms with E-state index in [1.165, 1.54) is 12.3 Å². The van der Waals surface area contributed by atoms with Gasteiger partial charge in [0.25, 0.3) is 0 Å². The molecule has 0 saturated heterocycles. The normalized spacial score (nSPS) is 14.4. The molecule has 0 bridgehead atoms. The number of hydrogen-bond donors (Lipinski definition) is 1. The molecule has 0 saturated carbocycles. The number of hydrogen-bond acceptors (Lipinski definition) is 3. The van der Waals surface area contributed by atoms with E-state index in [4.69, 9.17) is 5.73 Å². The Morgan fingerprint density at radius 2 is 2.16 bits per heavy atom. The zero-order chi connectivity index (χ0) is 14.0. The molecule has 1 atom stereocenters. The molecule has 2 aromatic heterocycles. The van der Waals surface area contributed by atoms with E-state index in [1.807, 2.05) is 31.5 Å². The van der Waals surface area contributed by atoms with Crippen LogP contribution in [-0.4, -0.2) is 14.8 Å². The summed E-state index contributed by atoms with van der Waals surface area (Å²) in [5.41, 5.74) is 8.40. The Bertz CT molecular complexity index is 557. The van der Waals surface area contributed by atoms with Crippen LogP contribution >= 0.6 is 0 Å². The quantitative estimate of drug-likeness (QED) is 0.918. The van der Waals surface area contributed by atoms with Crippen molar-refractivity contribution >= 4 is 0 Å². The summed E-state index contributed by atoms with van der Waals surface area (Å²) >= 11 is 0. The first-order chi connectivity index (χ1) is 8.92. The Labute approximate surface area is 112 Å². The van der Waals surface area contributed by atoms with Crippen LogP contribution in [0, 0.1) is 12.7 Å². The highest BCUT2D eigenvalue weighted by Crippen LogP contribution is 2.21. The maximum atomic E-state index is 12.9. The van der Waals surface area contributed by atoms with E-state index in [0.717, 1.165) is 17.9 Å². The lowest BCUT2D eigenvalue weighted by atomic mass is 9.92. The number of aryl methyl sites for hydroxylation is 2. The fourth-order valence-corrected chi connectivity index (χ4v) is 2.20. The number of rotatable bonds is 4. The molecule has 0 amide bonds. The van der Waals surface area contributed by atoms with Gasteiger partial charge in [0.1, 0.15) is 5.82 Å². The molecule has 0 spiro atoms. The molecule has 4 nitrogen and oxygen atoms in total. The van der Waals surface area contributed by atoms with Gasteiger partial charge in [-0.15, -0.1) is 0 Å². The molecule has 102 valence electrons. The van der Waals surface area contributed by atoms with Crippen LogP contribution in [-0.2, 0) is 18.5 Å². The number of pyridine rings is 1. The van der Waals surface area contributed by atoms with Gasteiger partial charge in [0, 0.05) is 18.7 Å². The molecule has 19 heavy (non-hydrogen) atoms. The first-order valence-corrected chi connectivity index (χ1v) is 6.36. The van der Waals surface area contributed by atoms with Crippen molar-refractivity contribution in [1.29, 1.82) is 0 Å². The lowest BCUT2D eigenvalue weighted by Gasteiger charge is -2.24. The van der Waals surface area contributed by atoms with Gasteiger partial charge in [-0.1, -0.05) is 0 Å². The number of nitrogens with zero attached hydrogens (tertiary/aromatic N) is 3. The standard InChI is InChI=1S/C14H19FN4/c1-4-19-12(7-10(2)18-19)8-14(3,16)13-6-5-11(15)9-17-13/h5-7,9H,4,8,16H2,1-3H3. The summed E-state index contributed by atoms with van der Waals surface area (Å²) in [6, 6.07) is 5.04. The number of halogens is 1. The second-order valence-corrected chi connectivity index (χ2v) is 5.05. The second kappa shape index (κ2) is 5.09. The predicted octanol–water partition coefficient (Wildman–Crippen LogP) is 2.16. The van der Waals surface area contributed by atoms with Crippen molar-refractivity contribution in [2.24, 2.45) is 5.73 Å². The zero-order valence-corrected chi connectivity index (χ0v) is 11.5. The first-order valence-electron chi connectivity index (χ1n) is 6.36. The van der Waals surface area contributed by atoms with Crippen LogP contribution in [0.25, 0.3) is 0 Å². The molecular weight excluding hydrogens is 243 g/mol. The van der Waals surface area contributed by atoms with Gasteiger partial charge in [-0.2, -0.15) is 5.10 Å². The third kappa shape index (κ3) is 2.98. The highest BCUT2D eigenvalue weighted by molar-refractivity contribution is 5.20. The van der Waals surface area contributed by atoms with Crippen LogP contribution in [0.5, 0.6) is 0 Å². The maximum absolute atomic E-state index is 12.9. The van der Waals surface area contributed by atoms with Crippen LogP contribution in [0.4, 0.5) is 4.39 Å². The van der Waals surface area contributed by atoms with E-state index >= 15 is 0 Å². The molecule has 0 aliphatic rings. The van der Waals surface area contributed by atoms with Gasteiger partial charge in [-0.25, -0.2) is 4.39 Å². The van der Waals surface area contributed by atoms with E-state index in [1.54, 1.807) is 6.07 Å². The molecule has 5 heteroatoms. The third-order valence-corrected chi connectivity index (χ3v) is 3.15. The summed E-state index contributed by atoms with van der Waals surface area (Å²) in [5, 5.41) is 4.40. The van der Waals surface area contributed by atoms with Crippen LogP contribution in [0.15, 0.2) is 24.4 Å². The maximum Gasteiger partial charge on any atom is 0.141 e. The van der Waals surface area contributed by atoms with E-state index < -0.39 is 5.54 Å². The molecule has 1 unspecified atom stereocenters. The van der Waals surface area contributed by atoms with Crippen LogP contribution in [0.2, 0.25) is 0 Å². The highest BCUT2D eigenvalue weighted by Gasteiger charge is 2.25. The largest absolute Gasteiger partial charge is 0.320 e. The highest BCUT2D eigenvalue weighted by atomic mass is 19.1. The van der Waals surface area contributed by atoms with E-state index in [0.29, 0.717) is 12.1 Å². The van der Waals surface area contributed by atoms with Gasteiger partial charge in [-0.3, -0.25) is 9.67 Å². The van der Waals surface area contributed by atoms with Gasteiger partial charge < -0.3 is 5.73 Å². The number of nitrogens with two attached hydrogens (primary N) is 1. The van der Waals surface area contributed by atoms with Crippen molar-refractivity contribution in [3.63, 3.8) is 0 Å². The average molecular weight is 262 g/mol. The minimum atomic E-state index is -0.646. The fourth-order valence-electron chi connectivity index (χ4n) is 2.20. The average Bonchev–Trinajstić information content (AvgIpc) is 2.69. The molecule has 0 aliphatic carbocycles. The monoisotopic (exact) mass is 262 g/mol. The van der Waals surface area contributed by atoms with E-state index in [2.05, 4.69) is 10.1 Å². The first kappa shape index (κ1) is 13.7. The smallest absolute Gasteiger partial charge is 0.141 e. The molecule has 0 aromatic carbocycles. The summed E-state index contributed by atoms with van der Waals surface area (Å²) in [7, 11) is 0. The third-order valence-electron chi connectivity index (χ3n) is 3.15. The Morgan fingerprint density at radius 3 is 2.74 bits per heavy atom. The van der Waals surface area contributed by atoms with Gasteiger partial charge in [0.15, 0.2) is 0 Å². The van der Waals surface area contributed by atoms with Crippen molar-refractivity contribution in [3.8, 4) is 0 Å². The van der Waals surface area contributed by atoms with E-state index in [-0.39, 0.29) is 5.82 Å². The van der Waals surface area contributed by atoms with Crippen LogP contribution in [0.3, 0.4) is 0 Å². The molecule has 2 N–H and O–H groups in total. The molecule has 0 aliphatic heterocycles. The Balaban J connectivity index is 2.27. The molecular formula is C14H19FN4. The van der Waals surface area contributed by atoms with Gasteiger partial charge in [-0.05, 0) is 39.0 Å². The van der Waals surface area contributed by atoms with Crippen molar-refractivity contribution in [2.75, 3.05) is 0 Å². The molecule has 0 fully saturated rings. The van der Waals surface area contributed by atoms with Crippen molar-refractivity contribution in [1.82, 2.24) is 14.8 Å². The van der Waals surface area contributed by atoms with Crippen molar-refractivity contribution in [3.05, 3.63) is 47.3 Å². The van der Waals surface area contributed by atoms with Crippen LogP contribution in [0.1, 0.15) is 30.9 Å². The van der Waals surface area contributed by atoms with E-state index in [9.17, 15) is 4.39 Å². The SMILES string of the molecule is CCn1nc(C)cc1CC(C)(N)c1ccc(F)cn1.